The molecule has 2 heterocycles. The monoisotopic (exact) mass is 426 g/mol. The fourth-order valence-electron chi connectivity index (χ4n) is 3.31. The van der Waals surface area contributed by atoms with Gasteiger partial charge in [0.2, 0.25) is 0 Å². The molecule has 1 fully saturated rings. The minimum absolute atomic E-state index is 0.0936. The maximum atomic E-state index is 13.2. The van der Waals surface area contributed by atoms with E-state index in [0.717, 1.165) is 30.6 Å². The van der Waals surface area contributed by atoms with Gasteiger partial charge in [0, 0.05) is 12.2 Å². The third kappa shape index (κ3) is 4.68. The molecule has 2 aromatic carbocycles. The van der Waals surface area contributed by atoms with E-state index in [4.69, 9.17) is 9.47 Å². The Morgan fingerprint density at radius 1 is 1.27 bits per heavy atom. The van der Waals surface area contributed by atoms with Crippen LogP contribution in [0, 0.1) is 19.7 Å². The summed E-state index contributed by atoms with van der Waals surface area (Å²) in [5.74, 6) is 0.0730. The van der Waals surface area contributed by atoms with Gasteiger partial charge in [0.15, 0.2) is 0 Å². The van der Waals surface area contributed by atoms with Crippen molar-refractivity contribution in [3.8, 4) is 16.3 Å². The van der Waals surface area contributed by atoms with Gasteiger partial charge in [0.1, 0.15) is 28.1 Å². The van der Waals surface area contributed by atoms with Crippen LogP contribution >= 0.6 is 11.3 Å². The zero-order chi connectivity index (χ0) is 21.1. The standard InChI is InChI=1S/C23H23FN2O3S/c1-14-5-10-19(20(12-14)29-13-18-4-3-11-28-18)26-22(27)21-15(2)25-23(30-21)16-6-8-17(24)9-7-16/h5-10,12,18H,3-4,11,13H2,1-2H3,(H,26,27). The summed E-state index contributed by atoms with van der Waals surface area (Å²) in [6, 6.07) is 11.8. The minimum Gasteiger partial charge on any atom is -0.489 e. The van der Waals surface area contributed by atoms with Crippen molar-refractivity contribution in [3.63, 3.8) is 0 Å². The van der Waals surface area contributed by atoms with E-state index in [-0.39, 0.29) is 17.8 Å². The summed E-state index contributed by atoms with van der Waals surface area (Å²) in [6.07, 6.45) is 2.13. The number of carbonyl (C=O) groups is 1. The number of hydrogen-bond donors (Lipinski definition) is 1. The molecule has 7 heteroatoms. The molecule has 156 valence electrons. The van der Waals surface area contributed by atoms with Crippen molar-refractivity contribution in [2.24, 2.45) is 0 Å². The minimum atomic E-state index is -0.306. The Hall–Kier alpha value is -2.77. The summed E-state index contributed by atoms with van der Waals surface area (Å²) < 4.78 is 24.8. The van der Waals surface area contributed by atoms with E-state index in [9.17, 15) is 9.18 Å². The molecule has 1 amide bonds. The zero-order valence-corrected chi connectivity index (χ0v) is 17.7. The third-order valence-corrected chi connectivity index (χ3v) is 6.13. The second-order valence-corrected chi connectivity index (χ2v) is 8.34. The first-order valence-electron chi connectivity index (χ1n) is 9.89. The zero-order valence-electron chi connectivity index (χ0n) is 16.9. The Morgan fingerprint density at radius 2 is 2.07 bits per heavy atom. The van der Waals surface area contributed by atoms with Gasteiger partial charge in [-0.3, -0.25) is 4.79 Å². The summed E-state index contributed by atoms with van der Waals surface area (Å²) >= 11 is 1.28. The van der Waals surface area contributed by atoms with Gasteiger partial charge in [-0.15, -0.1) is 11.3 Å². The lowest BCUT2D eigenvalue weighted by Crippen LogP contribution is -2.18. The molecule has 1 aliphatic heterocycles. The maximum Gasteiger partial charge on any atom is 0.267 e. The number of aromatic nitrogens is 1. The van der Waals surface area contributed by atoms with Crippen LogP contribution in [0.25, 0.3) is 10.6 Å². The number of halogens is 1. The molecule has 0 radical (unpaired) electrons. The lowest BCUT2D eigenvalue weighted by molar-refractivity contribution is 0.0681. The van der Waals surface area contributed by atoms with Crippen molar-refractivity contribution >= 4 is 22.9 Å². The Kier molecular flexibility index (Phi) is 6.11. The van der Waals surface area contributed by atoms with Crippen molar-refractivity contribution < 1.29 is 18.7 Å². The van der Waals surface area contributed by atoms with Crippen LogP contribution in [0.1, 0.15) is 33.8 Å². The molecule has 1 unspecified atom stereocenters. The number of carbonyl (C=O) groups excluding carboxylic acids is 1. The lowest BCUT2D eigenvalue weighted by atomic mass is 10.2. The van der Waals surface area contributed by atoms with Crippen molar-refractivity contribution in [2.45, 2.75) is 32.8 Å². The SMILES string of the molecule is Cc1ccc(NC(=O)c2sc(-c3ccc(F)cc3)nc2C)c(OCC2CCCO2)c1. The molecule has 0 bridgehead atoms. The molecule has 5 nitrogen and oxygen atoms in total. The number of nitrogens with one attached hydrogen (secondary N) is 1. The van der Waals surface area contributed by atoms with Crippen LogP contribution in [0.4, 0.5) is 10.1 Å². The van der Waals surface area contributed by atoms with Crippen LogP contribution in [-0.4, -0.2) is 30.2 Å². The molecule has 0 saturated carbocycles. The van der Waals surface area contributed by atoms with Gasteiger partial charge >= 0.3 is 0 Å². The maximum absolute atomic E-state index is 13.2. The summed E-state index contributed by atoms with van der Waals surface area (Å²) in [5, 5.41) is 3.63. The molecule has 30 heavy (non-hydrogen) atoms. The van der Waals surface area contributed by atoms with Crippen LogP contribution < -0.4 is 10.1 Å². The Labute approximate surface area is 178 Å². The first kappa shape index (κ1) is 20.5. The largest absolute Gasteiger partial charge is 0.489 e. The number of rotatable bonds is 6. The number of benzene rings is 2. The molecule has 4 rings (SSSR count). The molecular weight excluding hydrogens is 403 g/mol. The molecule has 1 atom stereocenters. The number of anilines is 1. The number of ether oxygens (including phenoxy) is 2. The van der Waals surface area contributed by atoms with E-state index in [1.54, 1.807) is 19.1 Å². The summed E-state index contributed by atoms with van der Waals surface area (Å²) in [5.41, 5.74) is 3.06. The van der Waals surface area contributed by atoms with E-state index in [2.05, 4.69) is 10.3 Å². The van der Waals surface area contributed by atoms with E-state index in [1.807, 2.05) is 25.1 Å². The molecule has 1 aromatic heterocycles. The average Bonchev–Trinajstić information content (AvgIpc) is 3.38. The van der Waals surface area contributed by atoms with Crippen molar-refractivity contribution in [3.05, 3.63) is 64.4 Å². The first-order valence-corrected chi connectivity index (χ1v) is 10.7. The fraction of sp³-hybridized carbons (Fsp3) is 0.304. The summed E-state index contributed by atoms with van der Waals surface area (Å²) in [7, 11) is 0. The van der Waals surface area contributed by atoms with Gasteiger partial charge in [-0.05, 0) is 68.7 Å². The smallest absolute Gasteiger partial charge is 0.267 e. The Balaban J connectivity index is 1.51. The second kappa shape index (κ2) is 8.93. The van der Waals surface area contributed by atoms with E-state index < -0.39 is 0 Å². The van der Waals surface area contributed by atoms with Crippen LogP contribution in [0.3, 0.4) is 0 Å². The Morgan fingerprint density at radius 3 is 2.80 bits per heavy atom. The number of aryl methyl sites for hydroxylation is 2. The van der Waals surface area contributed by atoms with Gasteiger partial charge in [0.05, 0.1) is 17.5 Å². The third-order valence-electron chi connectivity index (χ3n) is 4.93. The van der Waals surface area contributed by atoms with Crippen LogP contribution in [-0.2, 0) is 4.74 Å². The average molecular weight is 427 g/mol. The second-order valence-electron chi connectivity index (χ2n) is 7.34. The van der Waals surface area contributed by atoms with Gasteiger partial charge in [-0.1, -0.05) is 6.07 Å². The van der Waals surface area contributed by atoms with Gasteiger partial charge < -0.3 is 14.8 Å². The van der Waals surface area contributed by atoms with Crippen molar-refractivity contribution in [1.29, 1.82) is 0 Å². The quantitative estimate of drug-likeness (QED) is 0.575. The highest BCUT2D eigenvalue weighted by atomic mass is 32.1. The van der Waals surface area contributed by atoms with Crippen molar-refractivity contribution in [2.75, 3.05) is 18.5 Å². The normalized spacial score (nSPS) is 15.9. The molecule has 1 N–H and O–H groups in total. The molecule has 0 spiro atoms. The summed E-state index contributed by atoms with van der Waals surface area (Å²) in [6.45, 7) is 5.00. The topological polar surface area (TPSA) is 60.5 Å². The first-order chi connectivity index (χ1) is 14.5. The van der Waals surface area contributed by atoms with Gasteiger partial charge in [-0.2, -0.15) is 0 Å². The highest BCUT2D eigenvalue weighted by Crippen LogP contribution is 2.31. The number of amides is 1. The molecule has 1 aliphatic rings. The van der Waals surface area contributed by atoms with E-state index >= 15 is 0 Å². The lowest BCUT2D eigenvalue weighted by Gasteiger charge is -2.15. The van der Waals surface area contributed by atoms with E-state index in [0.29, 0.717) is 33.6 Å². The Bertz CT molecular complexity index is 1040. The van der Waals surface area contributed by atoms with Crippen LogP contribution in [0.5, 0.6) is 5.75 Å². The highest BCUT2D eigenvalue weighted by Gasteiger charge is 2.20. The highest BCUT2D eigenvalue weighted by molar-refractivity contribution is 7.17. The molecule has 1 saturated heterocycles. The fourth-order valence-corrected chi connectivity index (χ4v) is 4.28. The predicted molar refractivity (Wildman–Crippen MR) is 116 cm³/mol. The van der Waals surface area contributed by atoms with Crippen LogP contribution in [0.15, 0.2) is 42.5 Å². The molecule has 3 aromatic rings. The van der Waals surface area contributed by atoms with Crippen molar-refractivity contribution in [1.82, 2.24) is 4.98 Å². The van der Waals surface area contributed by atoms with Gasteiger partial charge in [-0.25, -0.2) is 9.37 Å². The van der Waals surface area contributed by atoms with Crippen LogP contribution in [0.2, 0.25) is 0 Å². The molecule has 0 aliphatic carbocycles. The molecular formula is C23H23FN2O3S. The number of thiazole rings is 1. The van der Waals surface area contributed by atoms with E-state index in [1.165, 1.54) is 23.5 Å². The predicted octanol–water partition coefficient (Wildman–Crippen LogP) is 5.38. The number of hydrogen-bond acceptors (Lipinski definition) is 5. The summed E-state index contributed by atoms with van der Waals surface area (Å²) in [4.78, 5) is 18.0. The number of nitrogens with zero attached hydrogens (tertiary/aromatic N) is 1. The van der Waals surface area contributed by atoms with Gasteiger partial charge in [0.25, 0.3) is 5.91 Å².